The lowest BCUT2D eigenvalue weighted by Crippen LogP contribution is -2.28. The Morgan fingerprint density at radius 1 is 1.29 bits per heavy atom. The third-order valence-corrected chi connectivity index (χ3v) is 5.96. The van der Waals surface area contributed by atoms with Crippen LogP contribution < -0.4 is 5.32 Å². The van der Waals surface area contributed by atoms with Gasteiger partial charge in [-0.15, -0.1) is 11.3 Å². The molecule has 4 heteroatoms. The van der Waals surface area contributed by atoms with Gasteiger partial charge in [0.1, 0.15) is 0 Å². The van der Waals surface area contributed by atoms with Gasteiger partial charge in [0.2, 0.25) is 0 Å². The van der Waals surface area contributed by atoms with Gasteiger partial charge in [-0.25, -0.2) is 0 Å². The molecule has 1 aliphatic carbocycles. The van der Waals surface area contributed by atoms with Crippen LogP contribution >= 0.6 is 34.5 Å². The molecule has 0 saturated carbocycles. The minimum Gasteiger partial charge on any atom is -0.310 e. The van der Waals surface area contributed by atoms with Gasteiger partial charge in [0.15, 0.2) is 0 Å². The maximum atomic E-state index is 6.22. The van der Waals surface area contributed by atoms with Crippen molar-refractivity contribution in [1.29, 1.82) is 0 Å². The van der Waals surface area contributed by atoms with Gasteiger partial charge < -0.3 is 5.32 Å². The minimum absolute atomic E-state index is 0.304. The molecule has 0 fully saturated rings. The third-order valence-electron chi connectivity index (χ3n) is 4.23. The zero-order chi connectivity index (χ0) is 14.8. The van der Waals surface area contributed by atoms with Gasteiger partial charge in [0.25, 0.3) is 0 Å². The number of halogens is 2. The summed E-state index contributed by atoms with van der Waals surface area (Å²) in [6.45, 7) is 3.10. The number of benzene rings is 1. The van der Waals surface area contributed by atoms with Gasteiger partial charge in [-0.3, -0.25) is 0 Å². The maximum absolute atomic E-state index is 6.22. The number of fused-ring (bicyclic) bond motifs is 1. The van der Waals surface area contributed by atoms with Crippen LogP contribution in [0.4, 0.5) is 0 Å². The number of rotatable bonds is 4. The molecule has 2 aromatic rings. The molecule has 112 valence electrons. The highest BCUT2D eigenvalue weighted by molar-refractivity contribution is 7.10. The molecule has 1 aromatic carbocycles. The lowest BCUT2D eigenvalue weighted by atomic mass is 9.80. The summed E-state index contributed by atoms with van der Waals surface area (Å²) in [7, 11) is 0. The summed E-state index contributed by atoms with van der Waals surface area (Å²) in [5.74, 6) is 0.525. The number of hydrogen-bond donors (Lipinski definition) is 1. The van der Waals surface area contributed by atoms with Crippen LogP contribution in [0.5, 0.6) is 0 Å². The summed E-state index contributed by atoms with van der Waals surface area (Å²) < 4.78 is 0. The van der Waals surface area contributed by atoms with Gasteiger partial charge in [0, 0.05) is 16.8 Å². The van der Waals surface area contributed by atoms with Crippen molar-refractivity contribution in [1.82, 2.24) is 5.32 Å². The zero-order valence-corrected chi connectivity index (χ0v) is 14.4. The highest BCUT2D eigenvalue weighted by atomic mass is 35.5. The van der Waals surface area contributed by atoms with E-state index in [-0.39, 0.29) is 0 Å². The monoisotopic (exact) mass is 339 g/mol. The van der Waals surface area contributed by atoms with Gasteiger partial charge in [-0.2, -0.15) is 0 Å². The lowest BCUT2D eigenvalue weighted by molar-refractivity contribution is 0.411. The molecule has 0 spiro atoms. The molecule has 1 aliphatic rings. The van der Waals surface area contributed by atoms with Crippen LogP contribution in [0.25, 0.3) is 0 Å². The first-order valence-electron chi connectivity index (χ1n) is 7.45. The Kier molecular flexibility index (Phi) is 4.90. The average Bonchev–Trinajstić information content (AvgIpc) is 2.96. The molecular formula is C17H19Cl2NS. The number of nitrogens with one attached hydrogen (secondary N) is 1. The first-order valence-corrected chi connectivity index (χ1v) is 9.09. The van der Waals surface area contributed by atoms with E-state index in [1.165, 1.54) is 30.4 Å². The highest BCUT2D eigenvalue weighted by Crippen LogP contribution is 2.43. The van der Waals surface area contributed by atoms with Crippen molar-refractivity contribution < 1.29 is 0 Å². The van der Waals surface area contributed by atoms with Crippen LogP contribution in [0, 0.1) is 0 Å². The first kappa shape index (κ1) is 15.4. The van der Waals surface area contributed by atoms with Gasteiger partial charge >= 0.3 is 0 Å². The van der Waals surface area contributed by atoms with E-state index < -0.39 is 0 Å². The topological polar surface area (TPSA) is 12.0 Å². The molecule has 1 aromatic heterocycles. The second kappa shape index (κ2) is 6.70. The molecular weight excluding hydrogens is 321 g/mol. The Morgan fingerprint density at radius 2 is 2.14 bits per heavy atom. The molecule has 2 atom stereocenters. The Balaban J connectivity index is 1.97. The molecule has 2 unspecified atom stereocenters. The minimum atomic E-state index is 0.304. The zero-order valence-electron chi connectivity index (χ0n) is 12.0. The Bertz CT molecular complexity index is 623. The van der Waals surface area contributed by atoms with E-state index in [0.29, 0.717) is 22.0 Å². The van der Waals surface area contributed by atoms with Crippen molar-refractivity contribution in [3.05, 3.63) is 55.7 Å². The average molecular weight is 340 g/mol. The predicted octanol–water partition coefficient (Wildman–Crippen LogP) is 5.83. The molecule has 1 nitrogen and oxygen atoms in total. The molecule has 0 saturated heterocycles. The largest absolute Gasteiger partial charge is 0.310 e. The van der Waals surface area contributed by atoms with Crippen LogP contribution in [0.1, 0.15) is 47.7 Å². The van der Waals surface area contributed by atoms with Crippen molar-refractivity contribution in [3.63, 3.8) is 0 Å². The van der Waals surface area contributed by atoms with Crippen LogP contribution in [0.2, 0.25) is 10.0 Å². The Hall–Kier alpha value is -0.540. The van der Waals surface area contributed by atoms with E-state index in [4.69, 9.17) is 23.2 Å². The predicted molar refractivity (Wildman–Crippen MR) is 92.9 cm³/mol. The van der Waals surface area contributed by atoms with Crippen molar-refractivity contribution in [2.45, 2.75) is 38.1 Å². The van der Waals surface area contributed by atoms with Crippen LogP contribution in [-0.4, -0.2) is 6.54 Å². The summed E-state index contributed by atoms with van der Waals surface area (Å²) >= 11 is 14.2. The second-order valence-corrected chi connectivity index (χ2v) is 7.32. The van der Waals surface area contributed by atoms with Crippen molar-refractivity contribution >= 4 is 34.5 Å². The van der Waals surface area contributed by atoms with E-state index in [0.717, 1.165) is 6.54 Å². The number of aryl methyl sites for hydroxylation is 1. The number of hydrogen-bond acceptors (Lipinski definition) is 2. The first-order chi connectivity index (χ1) is 10.2. The summed E-state index contributed by atoms with van der Waals surface area (Å²) in [5.41, 5.74) is 2.75. The lowest BCUT2D eigenvalue weighted by Gasteiger charge is -2.32. The molecule has 21 heavy (non-hydrogen) atoms. The Labute approximate surface area is 140 Å². The van der Waals surface area contributed by atoms with E-state index in [1.54, 1.807) is 4.88 Å². The maximum Gasteiger partial charge on any atom is 0.0595 e. The number of likely N-dealkylation sites (N-methyl/N-ethyl adjacent to an activating group) is 1. The molecule has 1 N–H and O–H groups in total. The van der Waals surface area contributed by atoms with Crippen LogP contribution in [-0.2, 0) is 6.42 Å². The number of thiophene rings is 1. The second-order valence-electron chi connectivity index (χ2n) is 5.51. The van der Waals surface area contributed by atoms with Gasteiger partial charge in [0.05, 0.1) is 10.0 Å². The fourth-order valence-electron chi connectivity index (χ4n) is 3.29. The van der Waals surface area contributed by atoms with E-state index in [2.05, 4.69) is 29.8 Å². The van der Waals surface area contributed by atoms with E-state index in [1.807, 2.05) is 23.5 Å². The third kappa shape index (κ3) is 3.14. The summed E-state index contributed by atoms with van der Waals surface area (Å²) in [4.78, 5) is 1.55. The van der Waals surface area contributed by atoms with E-state index in [9.17, 15) is 0 Å². The quantitative estimate of drug-likeness (QED) is 0.739. The van der Waals surface area contributed by atoms with Crippen LogP contribution in [0.15, 0.2) is 29.6 Å². The molecule has 1 heterocycles. The van der Waals surface area contributed by atoms with Crippen molar-refractivity contribution in [3.8, 4) is 0 Å². The summed E-state index contributed by atoms with van der Waals surface area (Å²) in [5, 5.41) is 7.13. The summed E-state index contributed by atoms with van der Waals surface area (Å²) in [6.07, 6.45) is 3.72. The van der Waals surface area contributed by atoms with Gasteiger partial charge in [-0.05, 0) is 60.5 Å². The molecule has 0 radical (unpaired) electrons. The summed E-state index contributed by atoms with van der Waals surface area (Å²) in [6, 6.07) is 8.62. The smallest absolute Gasteiger partial charge is 0.0595 e. The van der Waals surface area contributed by atoms with E-state index >= 15 is 0 Å². The standard InChI is InChI=1S/C17H19Cl2NS/c1-2-20-17(11-6-7-14(18)15(19)10-11)13-4-3-5-16-12(13)8-9-21-16/h6-10,13,17,20H,2-5H2,1H3. The van der Waals surface area contributed by atoms with Crippen LogP contribution in [0.3, 0.4) is 0 Å². The van der Waals surface area contributed by atoms with Gasteiger partial charge in [-0.1, -0.05) is 36.2 Å². The SMILES string of the molecule is CCNC(c1ccc(Cl)c(Cl)c1)C1CCCc2sccc21. The molecule has 0 amide bonds. The highest BCUT2D eigenvalue weighted by Gasteiger charge is 2.29. The fraction of sp³-hybridized carbons (Fsp3) is 0.412. The normalized spacial score (nSPS) is 19.3. The molecule has 0 aliphatic heterocycles. The van der Waals surface area contributed by atoms with Crippen molar-refractivity contribution in [2.75, 3.05) is 6.54 Å². The Morgan fingerprint density at radius 3 is 2.90 bits per heavy atom. The van der Waals surface area contributed by atoms with Crippen molar-refractivity contribution in [2.24, 2.45) is 0 Å². The molecule has 0 bridgehead atoms. The molecule has 3 rings (SSSR count). The fourth-order valence-corrected chi connectivity index (χ4v) is 4.59.